The summed E-state index contributed by atoms with van der Waals surface area (Å²) in [6.45, 7) is 11.1. The molecule has 0 unspecified atom stereocenters. The molecule has 0 atom stereocenters. The van der Waals surface area contributed by atoms with E-state index in [4.69, 9.17) is 11.5 Å². The summed E-state index contributed by atoms with van der Waals surface area (Å²) >= 11 is 0. The molecule has 36 heavy (non-hydrogen) atoms. The fraction of sp³-hybridized carbons (Fsp3) is 0.125. The van der Waals surface area contributed by atoms with Crippen LogP contribution in [0, 0.1) is 38.8 Å². The first kappa shape index (κ1) is 36.0. The quantitative estimate of drug-likeness (QED) is 0.155. The van der Waals surface area contributed by atoms with Gasteiger partial charge in [-0.25, -0.2) is 0 Å². The van der Waals surface area contributed by atoms with Gasteiger partial charge in [-0.2, -0.15) is 25.2 Å². The van der Waals surface area contributed by atoms with Crippen LogP contribution in [0.1, 0.15) is 26.7 Å². The van der Waals surface area contributed by atoms with Crippen molar-refractivity contribution in [2.24, 2.45) is 0 Å². The molecule has 2 nitrogen and oxygen atoms in total. The van der Waals surface area contributed by atoms with E-state index >= 15 is 0 Å². The Morgan fingerprint density at radius 3 is 1.14 bits per heavy atom. The molecule has 0 fully saturated rings. The summed E-state index contributed by atoms with van der Waals surface area (Å²) in [5, 5.41) is 0. The van der Waals surface area contributed by atoms with E-state index in [0.717, 1.165) is 35.1 Å². The van der Waals surface area contributed by atoms with Gasteiger partial charge in [0.25, 0.3) is 0 Å². The molecule has 4 heteroatoms. The third-order valence-electron chi connectivity index (χ3n) is 4.43. The Balaban J connectivity index is 0. The minimum Gasteiger partial charge on any atom is -0.706 e. The second-order valence-corrected chi connectivity index (χ2v) is 7.04. The largest absolute Gasteiger partial charge is 0.706 e. The van der Waals surface area contributed by atoms with Gasteiger partial charge in [-0.3, -0.25) is 0 Å². The monoisotopic (exact) mass is 658 g/mol. The molecule has 0 saturated heterocycles. The van der Waals surface area contributed by atoms with Crippen molar-refractivity contribution in [3.05, 3.63) is 147 Å². The molecule has 0 aliphatic rings. The Kier molecular flexibility index (Phi) is 23.2. The predicted octanol–water partition coefficient (Wildman–Crippen LogP) is 10.5. The van der Waals surface area contributed by atoms with Crippen molar-refractivity contribution in [3.8, 4) is 22.3 Å². The molecule has 2 N–H and O–H groups in total. The molecule has 4 rings (SSSR count). The summed E-state index contributed by atoms with van der Waals surface area (Å²) in [7, 11) is 0. The summed E-state index contributed by atoms with van der Waals surface area (Å²) in [4.78, 5) is 0. The Morgan fingerprint density at radius 1 is 0.583 bits per heavy atom. The summed E-state index contributed by atoms with van der Waals surface area (Å²) in [6.07, 6.45) is 5.92. The van der Waals surface area contributed by atoms with E-state index < -0.39 is 0 Å². The zero-order chi connectivity index (χ0) is 25.0. The van der Waals surface area contributed by atoms with Gasteiger partial charge in [0.15, 0.2) is 0 Å². The molecule has 0 saturated carbocycles. The van der Waals surface area contributed by atoms with Gasteiger partial charge in [-0.15, -0.1) is 82.9 Å². The Labute approximate surface area is 247 Å². The molecule has 0 bridgehead atoms. The van der Waals surface area contributed by atoms with E-state index in [0.29, 0.717) is 11.4 Å². The van der Waals surface area contributed by atoms with Crippen molar-refractivity contribution in [2.75, 3.05) is 0 Å². The number of unbranched alkanes of at least 4 members (excludes halogenated alkanes) is 2. The zero-order valence-corrected chi connectivity index (χ0v) is 24.0. The van der Waals surface area contributed by atoms with Gasteiger partial charge in [-0.1, -0.05) is 48.5 Å². The van der Waals surface area contributed by atoms with E-state index in [1.807, 2.05) is 112 Å². The minimum atomic E-state index is 0. The van der Waals surface area contributed by atoms with Crippen LogP contribution in [-0.2, 0) is 40.8 Å². The molecule has 0 radical (unpaired) electrons. The van der Waals surface area contributed by atoms with Crippen LogP contribution in [0.5, 0.6) is 0 Å². The van der Waals surface area contributed by atoms with E-state index in [-0.39, 0.29) is 40.8 Å². The third-order valence-corrected chi connectivity index (χ3v) is 4.43. The van der Waals surface area contributed by atoms with E-state index in [1.165, 1.54) is 0 Å². The zero-order valence-electron chi connectivity index (χ0n) is 20.9. The van der Waals surface area contributed by atoms with Crippen LogP contribution >= 0.6 is 0 Å². The van der Waals surface area contributed by atoms with Crippen molar-refractivity contribution >= 4 is 11.4 Å². The number of nitrogens with one attached hydrogen (secondary N) is 2. The van der Waals surface area contributed by atoms with Crippen LogP contribution in [0.25, 0.3) is 33.7 Å². The fourth-order valence-electron chi connectivity index (χ4n) is 2.56. The number of benzene rings is 4. The Hall–Kier alpha value is -2.20. The number of rotatable bonds is 4. The maximum absolute atomic E-state index is 7.69. The van der Waals surface area contributed by atoms with E-state index in [1.54, 1.807) is 12.1 Å². The molecule has 0 aromatic heterocycles. The smallest absolute Gasteiger partial charge is 0 e. The summed E-state index contributed by atoms with van der Waals surface area (Å²) in [5.74, 6) is 0. The average Bonchev–Trinajstić information content (AvgIpc) is 2.91. The second-order valence-electron chi connectivity index (χ2n) is 7.04. The Morgan fingerprint density at radius 2 is 0.889 bits per heavy atom. The van der Waals surface area contributed by atoms with Crippen LogP contribution in [-0.4, -0.2) is 0 Å². The second kappa shape index (κ2) is 23.2. The van der Waals surface area contributed by atoms with Gasteiger partial charge in [-0.05, 0) is 0 Å². The van der Waals surface area contributed by atoms with Gasteiger partial charge >= 0.3 is 0 Å². The summed E-state index contributed by atoms with van der Waals surface area (Å²) < 4.78 is 0. The fourth-order valence-corrected chi connectivity index (χ4v) is 2.56. The molecule has 0 amide bonds. The van der Waals surface area contributed by atoms with Crippen LogP contribution in [0.2, 0.25) is 0 Å². The van der Waals surface area contributed by atoms with Gasteiger partial charge in [0.05, 0.1) is 0 Å². The van der Waals surface area contributed by atoms with Crippen molar-refractivity contribution in [1.82, 2.24) is 0 Å². The van der Waals surface area contributed by atoms with Crippen LogP contribution in [0.3, 0.4) is 0 Å². The van der Waals surface area contributed by atoms with E-state index in [9.17, 15) is 0 Å². The van der Waals surface area contributed by atoms with Crippen LogP contribution in [0.4, 0.5) is 11.4 Å². The maximum atomic E-state index is 7.69. The first-order valence-electron chi connectivity index (χ1n) is 11.3. The van der Waals surface area contributed by atoms with Crippen molar-refractivity contribution in [2.45, 2.75) is 26.7 Å². The molecule has 4 aromatic rings. The summed E-state index contributed by atoms with van der Waals surface area (Å²) in [5.41, 5.74) is 20.3. The van der Waals surface area contributed by atoms with Crippen molar-refractivity contribution in [3.63, 3.8) is 0 Å². The third kappa shape index (κ3) is 14.4. The molecule has 0 aliphatic carbocycles. The first-order chi connectivity index (χ1) is 16.6. The molecular formula is C32H34N2Pd2-8. The van der Waals surface area contributed by atoms with E-state index in [2.05, 4.69) is 26.0 Å². The van der Waals surface area contributed by atoms with Gasteiger partial charge < -0.3 is 51.0 Å². The molecule has 0 heterocycles. The molecule has 200 valence electrons. The number of hydrogen-bond donors (Lipinski definition) is 0. The first-order valence-corrected chi connectivity index (χ1v) is 11.3. The topological polar surface area (TPSA) is 47.6 Å². The Bertz CT molecular complexity index is 933. The number of hydrogen-bond acceptors (Lipinski definition) is 0. The normalized spacial score (nSPS) is 8.78. The molecule has 0 spiro atoms. The predicted molar refractivity (Wildman–Crippen MR) is 149 cm³/mol. The van der Waals surface area contributed by atoms with Crippen molar-refractivity contribution < 1.29 is 40.8 Å². The van der Waals surface area contributed by atoms with Gasteiger partial charge in [0, 0.05) is 40.8 Å². The van der Waals surface area contributed by atoms with Crippen LogP contribution < -0.4 is 0 Å². The van der Waals surface area contributed by atoms with Crippen LogP contribution in [0.15, 0.2) is 97.1 Å². The van der Waals surface area contributed by atoms with Gasteiger partial charge in [0.2, 0.25) is 0 Å². The standard InChI is InChI=1S/2C12H9N.2C4H8.2Pd/c2*13-12-9-5-4-8-11(12)10-6-2-1-3-7-10;2*1-3-4-2;;/h2*1-6,8-9,13H;2*4H,1,3H2,2H3;;/q4*-2;;. The molecule has 4 aromatic carbocycles. The van der Waals surface area contributed by atoms with Gasteiger partial charge in [0.1, 0.15) is 0 Å². The maximum Gasteiger partial charge on any atom is 0 e. The molecule has 0 aliphatic heterocycles. The molecular weight excluding hydrogens is 625 g/mol. The SMILES string of the molecule is [CH2-]C[CH-]C.[CH2-]C[CH-]C.[NH-]c1ccccc1-c1[c-]cccc1.[NH-]c1ccccc1-c1[c-]cccc1.[Pd].[Pd]. The minimum absolute atomic E-state index is 0. The van der Waals surface area contributed by atoms with Crippen molar-refractivity contribution in [1.29, 1.82) is 0 Å². The average molecular weight is 659 g/mol. The summed E-state index contributed by atoms with van der Waals surface area (Å²) in [6, 6.07) is 36.7.